The number of sulfone groups is 1. The second-order valence-electron chi connectivity index (χ2n) is 5.29. The molecular formula is C12H22ClN5O2S. The fourth-order valence-corrected chi connectivity index (χ4v) is 1.98. The maximum absolute atomic E-state index is 11.7. The van der Waals surface area contributed by atoms with Gasteiger partial charge in [0.1, 0.15) is 0 Å². The van der Waals surface area contributed by atoms with E-state index in [1.165, 1.54) is 6.26 Å². The second-order valence-corrected chi connectivity index (χ2v) is 8.27. The van der Waals surface area contributed by atoms with Crippen LogP contribution in [0.25, 0.3) is 0 Å². The average molecular weight is 336 g/mol. The van der Waals surface area contributed by atoms with Crippen LogP contribution in [0.4, 0.5) is 11.9 Å². The van der Waals surface area contributed by atoms with Gasteiger partial charge in [0.25, 0.3) is 0 Å². The van der Waals surface area contributed by atoms with Gasteiger partial charge in [0, 0.05) is 25.9 Å². The molecule has 0 fully saturated rings. The minimum absolute atomic E-state index is 0.0755. The molecule has 0 aliphatic heterocycles. The van der Waals surface area contributed by atoms with E-state index in [1.54, 1.807) is 13.8 Å². The number of hydrogen-bond acceptors (Lipinski definition) is 7. The lowest BCUT2D eigenvalue weighted by atomic mass is 10.2. The van der Waals surface area contributed by atoms with Crippen molar-refractivity contribution in [3.05, 3.63) is 5.28 Å². The zero-order chi connectivity index (χ0) is 16.3. The van der Waals surface area contributed by atoms with Gasteiger partial charge in [-0.1, -0.05) is 0 Å². The molecule has 0 bridgehead atoms. The molecule has 0 spiro atoms. The Labute approximate surface area is 131 Å². The minimum Gasteiger partial charge on any atom is -0.352 e. The number of rotatable bonds is 7. The van der Waals surface area contributed by atoms with Crippen LogP contribution < -0.4 is 10.2 Å². The summed E-state index contributed by atoms with van der Waals surface area (Å²) in [5, 5.41) is 3.00. The first-order chi connectivity index (χ1) is 9.60. The molecule has 0 unspecified atom stereocenters. The summed E-state index contributed by atoms with van der Waals surface area (Å²) in [6, 6.07) is 0. The molecule has 1 N–H and O–H groups in total. The molecule has 1 aromatic heterocycles. The van der Waals surface area contributed by atoms with Crippen LogP contribution in [0.3, 0.4) is 0 Å². The topological polar surface area (TPSA) is 88.1 Å². The smallest absolute Gasteiger partial charge is 0.231 e. The zero-order valence-corrected chi connectivity index (χ0v) is 14.6. The van der Waals surface area contributed by atoms with Gasteiger partial charge in [0.05, 0.1) is 4.75 Å². The van der Waals surface area contributed by atoms with Crippen LogP contribution in [0.1, 0.15) is 27.7 Å². The molecule has 1 aromatic rings. The zero-order valence-electron chi connectivity index (χ0n) is 13.0. The third kappa shape index (κ3) is 4.67. The Morgan fingerprint density at radius 3 is 2.24 bits per heavy atom. The normalized spacial score (nSPS) is 12.3. The summed E-state index contributed by atoms with van der Waals surface area (Å²) in [4.78, 5) is 14.3. The van der Waals surface area contributed by atoms with Gasteiger partial charge >= 0.3 is 0 Å². The lowest BCUT2D eigenvalue weighted by Gasteiger charge is -2.23. The molecule has 1 rings (SSSR count). The number of halogens is 1. The molecular weight excluding hydrogens is 314 g/mol. The summed E-state index contributed by atoms with van der Waals surface area (Å²) >= 11 is 5.90. The fraction of sp³-hybridized carbons (Fsp3) is 0.750. The van der Waals surface area contributed by atoms with Crippen molar-refractivity contribution in [3.63, 3.8) is 0 Å². The van der Waals surface area contributed by atoms with Crippen molar-refractivity contribution >= 4 is 33.3 Å². The predicted molar refractivity (Wildman–Crippen MR) is 85.8 cm³/mol. The molecule has 0 atom stereocenters. The van der Waals surface area contributed by atoms with Crippen LogP contribution in [0.15, 0.2) is 0 Å². The van der Waals surface area contributed by atoms with Gasteiger partial charge < -0.3 is 10.2 Å². The number of nitrogens with one attached hydrogen (secondary N) is 1. The number of hydrogen-bond donors (Lipinski definition) is 1. The van der Waals surface area contributed by atoms with E-state index in [0.717, 1.165) is 13.1 Å². The van der Waals surface area contributed by atoms with Gasteiger partial charge in [-0.15, -0.1) is 0 Å². The van der Waals surface area contributed by atoms with Gasteiger partial charge in [0.15, 0.2) is 9.84 Å². The van der Waals surface area contributed by atoms with Crippen LogP contribution >= 0.6 is 11.6 Å². The van der Waals surface area contributed by atoms with Crippen molar-refractivity contribution in [1.82, 2.24) is 15.0 Å². The monoisotopic (exact) mass is 335 g/mol. The van der Waals surface area contributed by atoms with E-state index in [2.05, 4.69) is 20.3 Å². The number of anilines is 2. The lowest BCUT2D eigenvalue weighted by Crippen LogP contribution is -2.38. The van der Waals surface area contributed by atoms with Gasteiger partial charge in [-0.25, -0.2) is 8.42 Å². The third-order valence-electron chi connectivity index (χ3n) is 3.32. The maximum Gasteiger partial charge on any atom is 0.231 e. The molecule has 1 heterocycles. The summed E-state index contributed by atoms with van der Waals surface area (Å²) in [6.45, 7) is 8.93. The standard InChI is InChI=1S/C12H22ClN5O2S/c1-6-18(7-2)11-16-9(13)15-10(17-11)14-8-12(3,4)21(5,19)20/h6-8H2,1-5H3,(H,14,15,16,17). The highest BCUT2D eigenvalue weighted by molar-refractivity contribution is 7.92. The molecule has 7 nitrogen and oxygen atoms in total. The van der Waals surface area contributed by atoms with E-state index in [4.69, 9.17) is 11.6 Å². The van der Waals surface area contributed by atoms with E-state index in [0.29, 0.717) is 5.95 Å². The molecule has 21 heavy (non-hydrogen) atoms. The van der Waals surface area contributed by atoms with Crippen LogP contribution in [0, 0.1) is 0 Å². The molecule has 0 amide bonds. The lowest BCUT2D eigenvalue weighted by molar-refractivity contribution is 0.559. The summed E-state index contributed by atoms with van der Waals surface area (Å²) in [5.74, 6) is 0.744. The first kappa shape index (κ1) is 17.9. The Morgan fingerprint density at radius 1 is 1.19 bits per heavy atom. The molecule has 0 aliphatic carbocycles. The van der Waals surface area contributed by atoms with E-state index in [-0.39, 0.29) is 17.8 Å². The van der Waals surface area contributed by atoms with Crippen LogP contribution in [0.5, 0.6) is 0 Å². The van der Waals surface area contributed by atoms with Crippen molar-refractivity contribution < 1.29 is 8.42 Å². The van der Waals surface area contributed by atoms with Gasteiger partial charge in [-0.05, 0) is 39.3 Å². The predicted octanol–water partition coefficient (Wildman–Crippen LogP) is 1.61. The summed E-state index contributed by atoms with van der Waals surface area (Å²) in [6.07, 6.45) is 1.20. The number of aromatic nitrogens is 3. The van der Waals surface area contributed by atoms with Crippen LogP contribution in [-0.4, -0.2) is 54.0 Å². The maximum atomic E-state index is 11.7. The molecule has 0 radical (unpaired) electrons. The van der Waals surface area contributed by atoms with Crippen molar-refractivity contribution in [2.24, 2.45) is 0 Å². The van der Waals surface area contributed by atoms with Gasteiger partial charge in [0.2, 0.25) is 17.2 Å². The molecule has 120 valence electrons. The highest BCUT2D eigenvalue weighted by Gasteiger charge is 2.30. The van der Waals surface area contributed by atoms with Gasteiger partial charge in [-0.3, -0.25) is 0 Å². The molecule has 0 saturated carbocycles. The largest absolute Gasteiger partial charge is 0.352 e. The Kier molecular flexibility index (Phi) is 5.75. The molecule has 0 aliphatic rings. The Balaban J connectivity index is 2.95. The molecule has 0 aromatic carbocycles. The van der Waals surface area contributed by atoms with Crippen LogP contribution in [-0.2, 0) is 9.84 Å². The second kappa shape index (κ2) is 6.74. The highest BCUT2D eigenvalue weighted by atomic mass is 35.5. The average Bonchev–Trinajstić information content (AvgIpc) is 2.36. The summed E-state index contributed by atoms with van der Waals surface area (Å²) < 4.78 is 22.4. The van der Waals surface area contributed by atoms with Crippen molar-refractivity contribution in [2.75, 3.05) is 36.1 Å². The van der Waals surface area contributed by atoms with E-state index < -0.39 is 14.6 Å². The third-order valence-corrected chi connectivity index (χ3v) is 5.64. The van der Waals surface area contributed by atoms with Crippen LogP contribution in [0.2, 0.25) is 5.28 Å². The summed E-state index contributed by atoms with van der Waals surface area (Å²) in [7, 11) is -3.20. The first-order valence-electron chi connectivity index (χ1n) is 6.70. The van der Waals surface area contributed by atoms with Crippen molar-refractivity contribution in [3.8, 4) is 0 Å². The number of nitrogens with zero attached hydrogens (tertiary/aromatic N) is 4. The van der Waals surface area contributed by atoms with E-state index in [1.807, 2.05) is 18.7 Å². The Morgan fingerprint density at radius 2 is 1.76 bits per heavy atom. The minimum atomic E-state index is -3.20. The molecule has 9 heteroatoms. The summed E-state index contributed by atoms with van der Waals surface area (Å²) in [5.41, 5.74) is 0. The molecule has 0 saturated heterocycles. The van der Waals surface area contributed by atoms with E-state index in [9.17, 15) is 8.42 Å². The highest BCUT2D eigenvalue weighted by Crippen LogP contribution is 2.17. The Bertz CT molecular complexity index is 587. The fourth-order valence-electron chi connectivity index (χ4n) is 1.49. The van der Waals surface area contributed by atoms with Gasteiger partial charge in [-0.2, -0.15) is 15.0 Å². The SMILES string of the molecule is CCN(CC)c1nc(Cl)nc(NCC(C)(C)S(C)(=O)=O)n1. The Hall–Kier alpha value is -1.15. The quantitative estimate of drug-likeness (QED) is 0.809. The first-order valence-corrected chi connectivity index (χ1v) is 8.97. The van der Waals surface area contributed by atoms with Crippen molar-refractivity contribution in [1.29, 1.82) is 0 Å². The van der Waals surface area contributed by atoms with Crippen molar-refractivity contribution in [2.45, 2.75) is 32.4 Å². The van der Waals surface area contributed by atoms with E-state index >= 15 is 0 Å².